The van der Waals surface area contributed by atoms with E-state index in [0.29, 0.717) is 5.69 Å². The van der Waals surface area contributed by atoms with Gasteiger partial charge in [-0.05, 0) is 24.3 Å². The zero-order valence-corrected chi connectivity index (χ0v) is 13.6. The number of rotatable bonds is 4. The number of carbonyl (C=O) groups is 2. The summed E-state index contributed by atoms with van der Waals surface area (Å²) in [4.78, 5) is 25.9. The Hall–Kier alpha value is -2.60. The van der Waals surface area contributed by atoms with Crippen LogP contribution in [0.2, 0.25) is 5.02 Å². The van der Waals surface area contributed by atoms with Crippen molar-refractivity contribution in [2.24, 2.45) is 0 Å². The fraction of sp³-hybridized carbons (Fsp3) is 0.176. The summed E-state index contributed by atoms with van der Waals surface area (Å²) < 4.78 is 13.4. The minimum atomic E-state index is -0.706. The number of hydrogen-bond donors (Lipinski definition) is 2. The van der Waals surface area contributed by atoms with Crippen molar-refractivity contribution < 1.29 is 14.0 Å². The van der Waals surface area contributed by atoms with Crippen LogP contribution in [0, 0.1) is 5.82 Å². The number of para-hydroxylation sites is 1. The molecule has 124 valence electrons. The molecule has 1 aliphatic rings. The lowest BCUT2D eigenvalue weighted by Crippen LogP contribution is -2.38. The van der Waals surface area contributed by atoms with Gasteiger partial charge < -0.3 is 15.5 Å². The highest BCUT2D eigenvalue weighted by Gasteiger charge is 2.35. The molecule has 0 fully saturated rings. The summed E-state index contributed by atoms with van der Waals surface area (Å²) >= 11 is 5.61. The second kappa shape index (κ2) is 6.49. The lowest BCUT2D eigenvalue weighted by molar-refractivity contribution is -0.126. The molecule has 0 bridgehead atoms. The summed E-state index contributed by atoms with van der Waals surface area (Å²) in [6.07, 6.45) is 0. The van der Waals surface area contributed by atoms with Gasteiger partial charge >= 0.3 is 0 Å². The number of hydrogen-bond acceptors (Lipinski definition) is 3. The minimum absolute atomic E-state index is 0.0150. The fourth-order valence-electron chi connectivity index (χ4n) is 2.62. The molecule has 1 atom stereocenters. The fourth-order valence-corrected chi connectivity index (χ4v) is 2.74. The van der Waals surface area contributed by atoms with E-state index in [4.69, 9.17) is 11.6 Å². The van der Waals surface area contributed by atoms with E-state index in [9.17, 15) is 14.0 Å². The van der Waals surface area contributed by atoms with Gasteiger partial charge in [-0.2, -0.15) is 0 Å². The Labute approximate surface area is 143 Å². The van der Waals surface area contributed by atoms with Crippen LogP contribution in [0.15, 0.2) is 42.5 Å². The molecule has 0 aromatic heterocycles. The lowest BCUT2D eigenvalue weighted by atomic mass is 10.1. The van der Waals surface area contributed by atoms with Crippen LogP contribution >= 0.6 is 11.6 Å². The smallest absolute Gasteiger partial charge is 0.254 e. The van der Waals surface area contributed by atoms with E-state index in [2.05, 4.69) is 10.6 Å². The third kappa shape index (κ3) is 3.05. The third-order valence-electron chi connectivity index (χ3n) is 3.86. The van der Waals surface area contributed by atoms with E-state index in [1.54, 1.807) is 13.1 Å². The van der Waals surface area contributed by atoms with Gasteiger partial charge in [0.15, 0.2) is 0 Å². The molecule has 0 spiro atoms. The quantitative estimate of drug-likeness (QED) is 0.894. The maximum atomic E-state index is 13.4. The van der Waals surface area contributed by atoms with Crippen LogP contribution in [-0.2, 0) is 9.59 Å². The summed E-state index contributed by atoms with van der Waals surface area (Å²) in [7, 11) is 1.67. The molecule has 1 aliphatic heterocycles. The van der Waals surface area contributed by atoms with E-state index in [1.165, 1.54) is 17.0 Å². The van der Waals surface area contributed by atoms with Gasteiger partial charge in [0.1, 0.15) is 11.9 Å². The van der Waals surface area contributed by atoms with Crippen molar-refractivity contribution in [1.29, 1.82) is 0 Å². The highest BCUT2D eigenvalue weighted by Crippen LogP contribution is 2.34. The van der Waals surface area contributed by atoms with Crippen LogP contribution in [0.25, 0.3) is 0 Å². The van der Waals surface area contributed by atoms with Gasteiger partial charge in [0, 0.05) is 24.0 Å². The van der Waals surface area contributed by atoms with Crippen molar-refractivity contribution in [2.45, 2.75) is 6.04 Å². The zero-order chi connectivity index (χ0) is 17.3. The number of carbonyl (C=O) groups excluding carboxylic acids is 2. The number of anilines is 2. The van der Waals surface area contributed by atoms with Gasteiger partial charge in [-0.15, -0.1) is 0 Å². The zero-order valence-electron chi connectivity index (χ0n) is 12.8. The maximum absolute atomic E-state index is 13.4. The standard InChI is InChI=1S/C17H15ClFN3O2/c1-22-14-5-3-2-4-11(14)16(17(22)24)21-15(23)9-20-10-6-7-12(18)13(19)8-10/h2-8,16,20H,9H2,1H3,(H,21,23). The van der Waals surface area contributed by atoms with E-state index >= 15 is 0 Å². The van der Waals surface area contributed by atoms with Gasteiger partial charge in [-0.3, -0.25) is 9.59 Å². The van der Waals surface area contributed by atoms with Gasteiger partial charge in [-0.1, -0.05) is 29.8 Å². The summed E-state index contributed by atoms with van der Waals surface area (Å²) in [5.74, 6) is -1.13. The van der Waals surface area contributed by atoms with Gasteiger partial charge in [0.25, 0.3) is 5.91 Å². The predicted octanol–water partition coefficient (Wildman–Crippen LogP) is 2.72. The molecule has 2 amide bonds. The number of nitrogens with one attached hydrogen (secondary N) is 2. The van der Waals surface area contributed by atoms with E-state index in [0.717, 1.165) is 11.3 Å². The number of amides is 2. The Morgan fingerprint density at radius 3 is 2.79 bits per heavy atom. The van der Waals surface area contributed by atoms with E-state index in [-0.39, 0.29) is 23.4 Å². The molecular weight excluding hydrogens is 333 g/mol. The van der Waals surface area contributed by atoms with Crippen molar-refractivity contribution in [2.75, 3.05) is 23.8 Å². The second-order valence-corrected chi connectivity index (χ2v) is 5.85. The topological polar surface area (TPSA) is 61.4 Å². The third-order valence-corrected chi connectivity index (χ3v) is 4.17. The van der Waals surface area contributed by atoms with E-state index in [1.807, 2.05) is 24.3 Å². The summed E-state index contributed by atoms with van der Waals surface area (Å²) in [5.41, 5.74) is 1.97. The van der Waals surface area contributed by atoms with E-state index < -0.39 is 11.9 Å². The molecule has 1 unspecified atom stereocenters. The van der Waals surface area contributed by atoms with Crippen molar-refractivity contribution >= 4 is 34.8 Å². The Morgan fingerprint density at radius 1 is 1.29 bits per heavy atom. The molecule has 0 aliphatic carbocycles. The normalized spacial score (nSPS) is 16.0. The number of halogens is 2. The number of benzene rings is 2. The monoisotopic (exact) mass is 347 g/mol. The van der Waals surface area contributed by atoms with Gasteiger partial charge in [0.05, 0.1) is 11.6 Å². The number of nitrogens with zero attached hydrogens (tertiary/aromatic N) is 1. The highest BCUT2D eigenvalue weighted by molar-refractivity contribution is 6.30. The molecule has 7 heteroatoms. The first-order chi connectivity index (χ1) is 11.5. The van der Waals surface area contributed by atoms with Crippen LogP contribution in [-0.4, -0.2) is 25.4 Å². The van der Waals surface area contributed by atoms with Crippen molar-refractivity contribution in [3.05, 3.63) is 58.9 Å². The summed E-state index contributed by atoms with van der Waals surface area (Å²) in [6, 6.07) is 10.8. The average Bonchev–Trinajstić information content (AvgIpc) is 2.81. The Bertz CT molecular complexity index is 812. The van der Waals surface area contributed by atoms with Crippen LogP contribution in [0.5, 0.6) is 0 Å². The van der Waals surface area contributed by atoms with Crippen molar-refractivity contribution in [3.8, 4) is 0 Å². The lowest BCUT2D eigenvalue weighted by Gasteiger charge is -2.14. The summed E-state index contributed by atoms with van der Waals surface area (Å²) in [6.45, 7) is -0.0866. The molecule has 3 rings (SSSR count). The average molecular weight is 348 g/mol. The molecular formula is C17H15ClFN3O2. The first kappa shape index (κ1) is 16.3. The molecule has 2 aromatic carbocycles. The van der Waals surface area contributed by atoms with Crippen LogP contribution in [0.4, 0.5) is 15.8 Å². The number of fused-ring (bicyclic) bond motifs is 1. The van der Waals surface area contributed by atoms with Crippen molar-refractivity contribution in [1.82, 2.24) is 5.32 Å². The van der Waals surface area contributed by atoms with Crippen molar-refractivity contribution in [3.63, 3.8) is 0 Å². The Balaban J connectivity index is 1.65. The molecule has 0 radical (unpaired) electrons. The van der Waals surface area contributed by atoms with Crippen LogP contribution < -0.4 is 15.5 Å². The van der Waals surface area contributed by atoms with Crippen LogP contribution in [0.1, 0.15) is 11.6 Å². The molecule has 2 N–H and O–H groups in total. The van der Waals surface area contributed by atoms with Gasteiger partial charge in [0.2, 0.25) is 5.91 Å². The summed E-state index contributed by atoms with van der Waals surface area (Å²) in [5, 5.41) is 5.51. The first-order valence-electron chi connectivity index (χ1n) is 7.32. The number of likely N-dealkylation sites (N-methyl/N-ethyl adjacent to an activating group) is 1. The molecule has 5 nitrogen and oxygen atoms in total. The molecule has 2 aromatic rings. The predicted molar refractivity (Wildman–Crippen MR) is 90.6 cm³/mol. The molecule has 1 heterocycles. The highest BCUT2D eigenvalue weighted by atomic mass is 35.5. The van der Waals surface area contributed by atoms with Crippen LogP contribution in [0.3, 0.4) is 0 Å². The Kier molecular flexibility index (Phi) is 4.40. The minimum Gasteiger partial charge on any atom is -0.376 e. The molecule has 0 saturated carbocycles. The van der Waals surface area contributed by atoms with Gasteiger partial charge in [-0.25, -0.2) is 4.39 Å². The Morgan fingerprint density at radius 2 is 2.04 bits per heavy atom. The largest absolute Gasteiger partial charge is 0.376 e. The second-order valence-electron chi connectivity index (χ2n) is 5.44. The first-order valence-corrected chi connectivity index (χ1v) is 7.70. The molecule has 24 heavy (non-hydrogen) atoms. The SMILES string of the molecule is CN1C(=O)C(NC(=O)CNc2ccc(Cl)c(F)c2)c2ccccc21. The molecule has 0 saturated heterocycles. The maximum Gasteiger partial charge on any atom is 0.254 e.